The molecular formula is C22H40N2O14. The van der Waals surface area contributed by atoms with Gasteiger partial charge >= 0.3 is 0 Å². The minimum atomic E-state index is -2.43. The summed E-state index contributed by atoms with van der Waals surface area (Å²) in [4.78, 5) is 23.5. The lowest BCUT2D eigenvalue weighted by atomic mass is 9.75. The Balaban J connectivity index is 2.40. The van der Waals surface area contributed by atoms with E-state index in [0.717, 1.165) is 20.8 Å². The van der Waals surface area contributed by atoms with E-state index < -0.39 is 116 Å². The average Bonchev–Trinajstić information content (AvgIpc) is 2.82. The van der Waals surface area contributed by atoms with Gasteiger partial charge in [0.2, 0.25) is 11.8 Å². The van der Waals surface area contributed by atoms with Crippen molar-refractivity contribution < 1.29 is 70.1 Å². The molecule has 2 aliphatic rings. The van der Waals surface area contributed by atoms with Crippen molar-refractivity contribution in [3.8, 4) is 0 Å². The summed E-state index contributed by atoms with van der Waals surface area (Å²) in [7, 11) is 0. The van der Waals surface area contributed by atoms with Gasteiger partial charge in [0.15, 0.2) is 11.6 Å². The van der Waals surface area contributed by atoms with Crippen LogP contribution in [0.2, 0.25) is 0 Å². The summed E-state index contributed by atoms with van der Waals surface area (Å²) >= 11 is 0. The molecule has 13 atom stereocenters. The molecule has 0 bridgehead atoms. The smallest absolute Gasteiger partial charge is 0.217 e. The van der Waals surface area contributed by atoms with E-state index >= 15 is 0 Å². The molecule has 222 valence electrons. The van der Waals surface area contributed by atoms with E-state index in [1.807, 2.05) is 0 Å². The van der Waals surface area contributed by atoms with Crippen LogP contribution in [0.25, 0.3) is 0 Å². The summed E-state index contributed by atoms with van der Waals surface area (Å²) in [6.07, 6.45) is -15.3. The number of rotatable bonds is 10. The van der Waals surface area contributed by atoms with Gasteiger partial charge in [0, 0.05) is 32.6 Å². The quantitative estimate of drug-likeness (QED) is 0.119. The van der Waals surface area contributed by atoms with Crippen molar-refractivity contribution in [1.29, 1.82) is 0 Å². The Hall–Kier alpha value is -1.54. The molecule has 2 unspecified atom stereocenters. The number of aliphatic hydroxyl groups excluding tert-OH is 8. The van der Waals surface area contributed by atoms with Crippen LogP contribution in [0.15, 0.2) is 0 Å². The molecule has 38 heavy (non-hydrogen) atoms. The predicted octanol–water partition coefficient (Wildman–Crippen LogP) is -6.26. The normalized spacial score (nSPS) is 41.0. The molecule has 2 aliphatic heterocycles. The van der Waals surface area contributed by atoms with Crippen LogP contribution >= 0.6 is 0 Å². The minimum Gasteiger partial charge on any atom is -0.394 e. The van der Waals surface area contributed by atoms with Gasteiger partial charge in [-0.3, -0.25) is 9.59 Å². The van der Waals surface area contributed by atoms with Crippen LogP contribution < -0.4 is 10.6 Å². The van der Waals surface area contributed by atoms with E-state index in [9.17, 15) is 60.7 Å². The van der Waals surface area contributed by atoms with Crippen LogP contribution in [0.5, 0.6) is 0 Å². The molecular weight excluding hydrogens is 516 g/mol. The maximum absolute atomic E-state index is 11.8. The molecule has 2 saturated heterocycles. The molecule has 0 aromatic carbocycles. The van der Waals surface area contributed by atoms with Gasteiger partial charge in [-0.15, -0.1) is 0 Å². The lowest BCUT2D eigenvalue weighted by Crippen LogP contribution is -2.70. The van der Waals surface area contributed by atoms with Crippen LogP contribution in [0.1, 0.15) is 33.6 Å². The monoisotopic (exact) mass is 556 g/mol. The first kappa shape index (κ1) is 32.7. The third kappa shape index (κ3) is 7.35. The van der Waals surface area contributed by atoms with Gasteiger partial charge in [-0.1, -0.05) is 0 Å². The van der Waals surface area contributed by atoms with E-state index in [2.05, 4.69) is 10.6 Å². The van der Waals surface area contributed by atoms with Crippen LogP contribution in [0, 0.1) is 5.92 Å². The van der Waals surface area contributed by atoms with Crippen molar-refractivity contribution in [2.45, 2.75) is 106 Å². The number of hydrogen-bond acceptors (Lipinski definition) is 14. The zero-order valence-electron chi connectivity index (χ0n) is 21.3. The van der Waals surface area contributed by atoms with Gasteiger partial charge in [-0.2, -0.15) is 0 Å². The Morgan fingerprint density at radius 1 is 0.868 bits per heavy atom. The molecule has 0 spiro atoms. The first-order valence-corrected chi connectivity index (χ1v) is 12.1. The molecule has 12 N–H and O–H groups in total. The number of carbonyl (C=O) groups is 2. The first-order valence-electron chi connectivity index (χ1n) is 12.1. The number of ether oxygens (including phenoxy) is 2. The molecule has 0 aromatic rings. The maximum Gasteiger partial charge on any atom is 0.217 e. The fourth-order valence-corrected chi connectivity index (χ4v) is 5.06. The minimum absolute atomic E-state index is 0.615. The molecule has 2 amide bonds. The third-order valence-corrected chi connectivity index (χ3v) is 6.96. The molecule has 2 rings (SSSR count). The lowest BCUT2D eigenvalue weighted by molar-refractivity contribution is -0.354. The van der Waals surface area contributed by atoms with Crippen molar-refractivity contribution in [3.05, 3.63) is 0 Å². The van der Waals surface area contributed by atoms with Crippen molar-refractivity contribution >= 4 is 11.8 Å². The van der Waals surface area contributed by atoms with Crippen molar-refractivity contribution in [3.63, 3.8) is 0 Å². The molecule has 0 aromatic heterocycles. The van der Waals surface area contributed by atoms with Gasteiger partial charge < -0.3 is 71.2 Å². The molecule has 16 nitrogen and oxygen atoms in total. The van der Waals surface area contributed by atoms with Crippen molar-refractivity contribution in [2.75, 3.05) is 13.2 Å². The highest BCUT2D eigenvalue weighted by Gasteiger charge is 2.58. The summed E-state index contributed by atoms with van der Waals surface area (Å²) in [5.41, 5.74) is 0. The van der Waals surface area contributed by atoms with Crippen LogP contribution in [-0.2, 0) is 19.1 Å². The number of carbonyl (C=O) groups excluding carboxylic acids is 2. The fraction of sp³-hybridized carbons (Fsp3) is 0.909. The number of nitrogens with one attached hydrogen (secondary N) is 2. The van der Waals surface area contributed by atoms with Crippen LogP contribution in [0.4, 0.5) is 0 Å². The highest BCUT2D eigenvalue weighted by atomic mass is 16.7. The Labute approximate surface area is 218 Å². The topological polar surface area (TPSA) is 279 Å². The van der Waals surface area contributed by atoms with Crippen molar-refractivity contribution in [2.24, 2.45) is 5.92 Å². The zero-order chi connectivity index (χ0) is 29.2. The zero-order valence-corrected chi connectivity index (χ0v) is 21.3. The molecule has 0 aliphatic carbocycles. The van der Waals surface area contributed by atoms with E-state index in [4.69, 9.17) is 9.47 Å². The van der Waals surface area contributed by atoms with Crippen LogP contribution in [-0.4, -0.2) is 149 Å². The van der Waals surface area contributed by atoms with Crippen molar-refractivity contribution in [1.82, 2.24) is 10.6 Å². The highest BCUT2D eigenvalue weighted by Crippen LogP contribution is 2.43. The molecule has 0 saturated carbocycles. The molecule has 2 fully saturated rings. The predicted molar refractivity (Wildman–Crippen MR) is 123 cm³/mol. The standard InChI is InChI=1S/C22H40N2O14/c1-8(27)23-14-11(29)5-22(36,38-19(14)17(33)12(30)6-25)4-10-16(32)15(24-9(2)28)20(37-21(10,3)35)18(34)13(31)7-26/h10-20,25-26,29-36H,4-7H2,1-3H3,(H,23,27)(H,24,28)/t10?,11-,12+,13+,14+,15+,16-,17+,18+,19+,20?,21+,22+/m0/s1. The van der Waals surface area contributed by atoms with Crippen LogP contribution in [0.3, 0.4) is 0 Å². The summed E-state index contributed by atoms with van der Waals surface area (Å²) < 4.78 is 11.1. The summed E-state index contributed by atoms with van der Waals surface area (Å²) in [5, 5.41) is 108. The second-order valence-corrected chi connectivity index (χ2v) is 10.2. The Morgan fingerprint density at radius 3 is 1.76 bits per heavy atom. The SMILES string of the molecule is CC(=O)N[C@H]1[C@H]([C@H](O)[C@H](O)CO)O[C@](O)(CC2[C@H](O)[C@@H](NC(C)=O)C([C@H](O)[C@H](O)CO)O[C@@]2(C)O)C[C@@H]1O. The first-order chi connectivity index (χ1) is 17.5. The second kappa shape index (κ2) is 12.8. The third-order valence-electron chi connectivity index (χ3n) is 6.96. The Bertz CT molecular complexity index is 817. The maximum atomic E-state index is 11.8. The summed E-state index contributed by atoms with van der Waals surface area (Å²) in [6, 6.07) is -2.79. The van der Waals surface area contributed by atoms with Gasteiger partial charge in [0.25, 0.3) is 0 Å². The van der Waals surface area contributed by atoms with E-state index in [0.29, 0.717) is 0 Å². The Kier molecular flexibility index (Phi) is 11.0. The van der Waals surface area contributed by atoms with Gasteiger partial charge in [0.1, 0.15) is 36.6 Å². The van der Waals surface area contributed by atoms with Gasteiger partial charge in [-0.25, -0.2) is 0 Å². The molecule has 0 radical (unpaired) electrons. The van der Waals surface area contributed by atoms with E-state index in [1.54, 1.807) is 0 Å². The number of aliphatic hydroxyl groups is 10. The largest absolute Gasteiger partial charge is 0.394 e. The number of amides is 2. The van der Waals surface area contributed by atoms with E-state index in [-0.39, 0.29) is 0 Å². The summed E-state index contributed by atoms with van der Waals surface area (Å²) in [6.45, 7) is 1.45. The Morgan fingerprint density at radius 2 is 1.32 bits per heavy atom. The summed E-state index contributed by atoms with van der Waals surface area (Å²) in [5.74, 6) is -7.59. The molecule has 2 heterocycles. The molecule has 16 heteroatoms. The highest BCUT2D eigenvalue weighted by molar-refractivity contribution is 5.73. The second-order valence-electron chi connectivity index (χ2n) is 10.2. The lowest BCUT2D eigenvalue weighted by Gasteiger charge is -2.53. The fourth-order valence-electron chi connectivity index (χ4n) is 5.06. The average molecular weight is 557 g/mol. The van der Waals surface area contributed by atoms with Gasteiger partial charge in [-0.05, 0) is 6.92 Å². The number of hydrogen-bond donors (Lipinski definition) is 12. The van der Waals surface area contributed by atoms with Gasteiger partial charge in [0.05, 0.1) is 37.5 Å². The van der Waals surface area contributed by atoms with E-state index in [1.165, 1.54) is 0 Å².